The van der Waals surface area contributed by atoms with Gasteiger partial charge in [0.1, 0.15) is 5.75 Å². The minimum Gasteiger partial charge on any atom is -0.497 e. The molecule has 1 aromatic carbocycles. The van der Waals surface area contributed by atoms with Gasteiger partial charge in [-0.05, 0) is 17.7 Å². The second-order valence-corrected chi connectivity index (χ2v) is 4.54. The quantitative estimate of drug-likeness (QED) is 0.889. The Balaban J connectivity index is 1.81. The molecule has 0 radical (unpaired) electrons. The van der Waals surface area contributed by atoms with E-state index in [0.29, 0.717) is 0 Å². The Bertz CT molecular complexity index is 530. The van der Waals surface area contributed by atoms with Crippen molar-refractivity contribution < 1.29 is 4.74 Å². The van der Waals surface area contributed by atoms with Crippen LogP contribution in [0.2, 0.25) is 0 Å². The highest BCUT2D eigenvalue weighted by atomic mass is 16.5. The summed E-state index contributed by atoms with van der Waals surface area (Å²) in [5, 5.41) is 3.34. The summed E-state index contributed by atoms with van der Waals surface area (Å²) in [5.74, 6) is 0.899. The van der Waals surface area contributed by atoms with E-state index in [-0.39, 0.29) is 0 Å². The number of benzene rings is 1. The van der Waals surface area contributed by atoms with Gasteiger partial charge in [0.2, 0.25) is 0 Å². The first kappa shape index (κ1) is 11.3. The standard InChI is InChI=1S/C14H17N3O/c1-18-12-4-2-11(3-5-12)9-17-10-16-13-8-15-7-6-14(13)17/h2-5,10,15H,6-9H2,1H3. The molecule has 0 fully saturated rings. The van der Waals surface area contributed by atoms with Crippen LogP contribution in [0, 0.1) is 0 Å². The van der Waals surface area contributed by atoms with Crippen LogP contribution >= 0.6 is 0 Å². The van der Waals surface area contributed by atoms with Crippen molar-refractivity contribution in [2.75, 3.05) is 13.7 Å². The number of ether oxygens (including phenoxy) is 1. The van der Waals surface area contributed by atoms with E-state index < -0.39 is 0 Å². The number of fused-ring (bicyclic) bond motifs is 1. The Morgan fingerprint density at radius 3 is 2.94 bits per heavy atom. The van der Waals surface area contributed by atoms with Gasteiger partial charge in [-0.2, -0.15) is 0 Å². The molecule has 0 spiro atoms. The number of hydrogen-bond donors (Lipinski definition) is 1. The van der Waals surface area contributed by atoms with E-state index in [1.807, 2.05) is 18.5 Å². The minimum atomic E-state index is 0.881. The maximum Gasteiger partial charge on any atom is 0.118 e. The Labute approximate surface area is 107 Å². The zero-order chi connectivity index (χ0) is 12.4. The summed E-state index contributed by atoms with van der Waals surface area (Å²) in [4.78, 5) is 4.46. The van der Waals surface area contributed by atoms with Gasteiger partial charge in [0.15, 0.2) is 0 Å². The highest BCUT2D eigenvalue weighted by Crippen LogP contribution is 2.16. The van der Waals surface area contributed by atoms with Crippen LogP contribution in [0.5, 0.6) is 5.75 Å². The first-order valence-corrected chi connectivity index (χ1v) is 6.23. The monoisotopic (exact) mass is 243 g/mol. The molecule has 1 aliphatic rings. The van der Waals surface area contributed by atoms with E-state index in [9.17, 15) is 0 Å². The fourth-order valence-corrected chi connectivity index (χ4v) is 2.36. The highest BCUT2D eigenvalue weighted by Gasteiger charge is 2.14. The van der Waals surface area contributed by atoms with Crippen LogP contribution < -0.4 is 10.1 Å². The molecular weight excluding hydrogens is 226 g/mol. The van der Waals surface area contributed by atoms with Gasteiger partial charge < -0.3 is 14.6 Å². The summed E-state index contributed by atoms with van der Waals surface area (Å²) >= 11 is 0. The molecule has 1 aliphatic heterocycles. The minimum absolute atomic E-state index is 0.881. The number of nitrogens with zero attached hydrogens (tertiary/aromatic N) is 2. The molecule has 0 aliphatic carbocycles. The van der Waals surface area contributed by atoms with E-state index in [4.69, 9.17) is 4.74 Å². The molecule has 1 N–H and O–H groups in total. The first-order chi connectivity index (χ1) is 8.86. The predicted molar refractivity (Wildman–Crippen MR) is 69.7 cm³/mol. The molecule has 0 saturated heterocycles. The fraction of sp³-hybridized carbons (Fsp3) is 0.357. The average molecular weight is 243 g/mol. The van der Waals surface area contributed by atoms with Crippen LogP contribution in [0.3, 0.4) is 0 Å². The van der Waals surface area contributed by atoms with Crippen molar-refractivity contribution in [3.63, 3.8) is 0 Å². The van der Waals surface area contributed by atoms with E-state index in [1.165, 1.54) is 17.0 Å². The second-order valence-electron chi connectivity index (χ2n) is 4.54. The molecule has 1 aromatic heterocycles. The van der Waals surface area contributed by atoms with Crippen molar-refractivity contribution in [3.05, 3.63) is 47.5 Å². The zero-order valence-corrected chi connectivity index (χ0v) is 10.5. The SMILES string of the molecule is COc1ccc(Cn2cnc3c2CCNC3)cc1. The molecule has 0 bridgehead atoms. The largest absolute Gasteiger partial charge is 0.497 e. The maximum absolute atomic E-state index is 5.17. The van der Waals surface area contributed by atoms with E-state index in [1.54, 1.807) is 7.11 Å². The van der Waals surface area contributed by atoms with Crippen molar-refractivity contribution in [1.29, 1.82) is 0 Å². The zero-order valence-electron chi connectivity index (χ0n) is 10.5. The molecule has 2 aromatic rings. The molecule has 3 rings (SSSR count). The number of hydrogen-bond acceptors (Lipinski definition) is 3. The summed E-state index contributed by atoms with van der Waals surface area (Å²) < 4.78 is 7.42. The van der Waals surface area contributed by atoms with Crippen molar-refractivity contribution >= 4 is 0 Å². The van der Waals surface area contributed by atoms with Gasteiger partial charge in [0.05, 0.1) is 19.1 Å². The third-order valence-corrected chi connectivity index (χ3v) is 3.38. The molecule has 4 nitrogen and oxygen atoms in total. The number of rotatable bonds is 3. The summed E-state index contributed by atoms with van der Waals surface area (Å²) in [7, 11) is 1.69. The van der Waals surface area contributed by atoms with Crippen LogP contribution in [-0.4, -0.2) is 23.2 Å². The molecule has 18 heavy (non-hydrogen) atoms. The van der Waals surface area contributed by atoms with Gasteiger partial charge in [-0.1, -0.05) is 12.1 Å². The van der Waals surface area contributed by atoms with E-state index >= 15 is 0 Å². The van der Waals surface area contributed by atoms with Crippen LogP contribution in [-0.2, 0) is 19.5 Å². The second kappa shape index (κ2) is 4.82. The van der Waals surface area contributed by atoms with Crippen LogP contribution in [0.15, 0.2) is 30.6 Å². The predicted octanol–water partition coefficient (Wildman–Crippen LogP) is 1.59. The van der Waals surface area contributed by atoms with Crippen LogP contribution in [0.1, 0.15) is 17.0 Å². The molecule has 0 amide bonds. The molecule has 4 heteroatoms. The third kappa shape index (κ3) is 2.11. The van der Waals surface area contributed by atoms with Crippen molar-refractivity contribution in [2.24, 2.45) is 0 Å². The highest BCUT2D eigenvalue weighted by molar-refractivity contribution is 5.28. The lowest BCUT2D eigenvalue weighted by Crippen LogP contribution is -2.25. The Morgan fingerprint density at radius 1 is 1.33 bits per heavy atom. The summed E-state index contributed by atoms with van der Waals surface area (Å²) in [6.07, 6.45) is 3.01. The van der Waals surface area contributed by atoms with Gasteiger partial charge in [0, 0.05) is 31.7 Å². The number of aromatic nitrogens is 2. The normalized spacial score (nSPS) is 14.3. The molecule has 0 unspecified atom stereocenters. The first-order valence-electron chi connectivity index (χ1n) is 6.23. The summed E-state index contributed by atoms with van der Waals surface area (Å²) in [6.45, 7) is 2.82. The van der Waals surface area contributed by atoms with E-state index in [0.717, 1.165) is 31.8 Å². The molecule has 0 atom stereocenters. The van der Waals surface area contributed by atoms with Crippen molar-refractivity contribution in [3.8, 4) is 5.75 Å². The maximum atomic E-state index is 5.17. The summed E-state index contributed by atoms with van der Waals surface area (Å²) in [6, 6.07) is 8.21. The molecule has 94 valence electrons. The average Bonchev–Trinajstić information content (AvgIpc) is 2.83. The topological polar surface area (TPSA) is 39.1 Å². The smallest absolute Gasteiger partial charge is 0.118 e. The lowest BCUT2D eigenvalue weighted by Gasteiger charge is -2.15. The molecule has 2 heterocycles. The lowest BCUT2D eigenvalue weighted by molar-refractivity contribution is 0.414. The number of methoxy groups -OCH3 is 1. The van der Waals surface area contributed by atoms with Gasteiger partial charge in [-0.25, -0.2) is 4.98 Å². The van der Waals surface area contributed by atoms with Gasteiger partial charge in [0.25, 0.3) is 0 Å². The fourth-order valence-electron chi connectivity index (χ4n) is 2.36. The Hall–Kier alpha value is -1.81. The Kier molecular flexibility index (Phi) is 3.02. The van der Waals surface area contributed by atoms with Gasteiger partial charge in [-0.3, -0.25) is 0 Å². The van der Waals surface area contributed by atoms with Gasteiger partial charge in [-0.15, -0.1) is 0 Å². The number of nitrogens with one attached hydrogen (secondary N) is 1. The number of imidazole rings is 1. The molecular formula is C14H17N3O. The lowest BCUT2D eigenvalue weighted by atomic mass is 10.1. The summed E-state index contributed by atoms with van der Waals surface area (Å²) in [5.41, 5.74) is 3.83. The van der Waals surface area contributed by atoms with Crippen LogP contribution in [0.25, 0.3) is 0 Å². The Morgan fingerprint density at radius 2 is 2.17 bits per heavy atom. The van der Waals surface area contributed by atoms with Crippen molar-refractivity contribution in [1.82, 2.24) is 14.9 Å². The third-order valence-electron chi connectivity index (χ3n) is 3.38. The van der Waals surface area contributed by atoms with Crippen LogP contribution in [0.4, 0.5) is 0 Å². The van der Waals surface area contributed by atoms with Crippen molar-refractivity contribution in [2.45, 2.75) is 19.5 Å². The molecule has 0 saturated carbocycles. The van der Waals surface area contributed by atoms with Gasteiger partial charge >= 0.3 is 0 Å². The van der Waals surface area contributed by atoms with E-state index in [2.05, 4.69) is 27.0 Å².